The van der Waals surface area contributed by atoms with Crippen molar-refractivity contribution >= 4 is 26.4 Å². The van der Waals surface area contributed by atoms with E-state index < -0.39 is 9.84 Å². The highest BCUT2D eigenvalue weighted by molar-refractivity contribution is 7.91. The van der Waals surface area contributed by atoms with E-state index in [1.807, 2.05) is 0 Å². The topological polar surface area (TPSA) is 82.8 Å². The Morgan fingerprint density at radius 2 is 2.35 bits per heavy atom. The number of sulfone groups is 1. The fraction of sp³-hybridized carbons (Fsp3) is 0.600. The van der Waals surface area contributed by atoms with Gasteiger partial charge >= 0.3 is 0 Å². The highest BCUT2D eigenvalue weighted by atomic mass is 32.2. The minimum absolute atomic E-state index is 0.0966. The minimum atomic E-state index is -2.93. The largest absolute Gasteiger partial charge is 0.371 e. The summed E-state index contributed by atoms with van der Waals surface area (Å²) in [6, 6.07) is 1.99. The summed E-state index contributed by atoms with van der Waals surface area (Å²) in [5, 5.41) is 12.8. The van der Waals surface area contributed by atoms with E-state index in [1.54, 1.807) is 6.92 Å². The molecular weight excluding hydrogens is 258 g/mol. The Morgan fingerprint density at radius 3 is 3.00 bits per heavy atom. The van der Waals surface area contributed by atoms with Crippen LogP contribution in [0.5, 0.6) is 0 Å². The molecule has 2 rings (SSSR count). The van der Waals surface area contributed by atoms with Crippen molar-refractivity contribution in [2.45, 2.75) is 25.8 Å². The fourth-order valence-electron chi connectivity index (χ4n) is 1.92. The molecular formula is C10H13N3O2S2. The van der Waals surface area contributed by atoms with Gasteiger partial charge in [-0.1, -0.05) is 0 Å². The molecule has 1 unspecified atom stereocenters. The van der Waals surface area contributed by atoms with Crippen LogP contribution in [0.15, 0.2) is 0 Å². The summed E-state index contributed by atoms with van der Waals surface area (Å²) in [5.74, 6) is 0.423. The molecule has 1 fully saturated rings. The molecule has 5 nitrogen and oxygen atoms in total. The quantitative estimate of drug-likeness (QED) is 0.877. The molecule has 0 saturated carbocycles. The van der Waals surface area contributed by atoms with E-state index in [4.69, 9.17) is 5.26 Å². The second-order valence-electron chi connectivity index (χ2n) is 4.18. The Hall–Kier alpha value is -1.13. The molecule has 17 heavy (non-hydrogen) atoms. The fourth-order valence-corrected chi connectivity index (χ4v) is 4.38. The third-order valence-electron chi connectivity index (χ3n) is 2.77. The number of nitrogens with zero attached hydrogens (tertiary/aromatic N) is 2. The Labute approximate surface area is 105 Å². The predicted octanol–water partition coefficient (Wildman–Crippen LogP) is 1.31. The van der Waals surface area contributed by atoms with Crippen molar-refractivity contribution in [3.05, 3.63) is 11.3 Å². The zero-order chi connectivity index (χ0) is 12.5. The summed E-state index contributed by atoms with van der Waals surface area (Å²) < 4.78 is 27.1. The van der Waals surface area contributed by atoms with Crippen molar-refractivity contribution in [1.82, 2.24) is 4.37 Å². The number of hydrogen-bond donors (Lipinski definition) is 1. The number of hydrogen-bond acceptors (Lipinski definition) is 6. The first kappa shape index (κ1) is 12.3. The van der Waals surface area contributed by atoms with Crippen LogP contribution in [0.2, 0.25) is 0 Å². The summed E-state index contributed by atoms with van der Waals surface area (Å²) in [6.07, 6.45) is 1.50. The van der Waals surface area contributed by atoms with Crippen LogP contribution in [-0.2, 0) is 9.84 Å². The van der Waals surface area contributed by atoms with Crippen LogP contribution in [0.25, 0.3) is 0 Å². The maximum absolute atomic E-state index is 11.5. The lowest BCUT2D eigenvalue weighted by molar-refractivity contribution is 0.562. The van der Waals surface area contributed by atoms with Gasteiger partial charge in [-0.15, -0.1) is 0 Å². The SMILES string of the molecule is Cc1nsc(NC2CCCS(=O)(=O)C2)c1C#N. The Balaban J connectivity index is 2.14. The van der Waals surface area contributed by atoms with Gasteiger partial charge in [0.1, 0.15) is 16.6 Å². The van der Waals surface area contributed by atoms with Crippen LogP contribution in [-0.4, -0.2) is 30.3 Å². The van der Waals surface area contributed by atoms with E-state index >= 15 is 0 Å². The molecule has 0 aliphatic carbocycles. The summed E-state index contributed by atoms with van der Waals surface area (Å²) in [4.78, 5) is 0. The lowest BCUT2D eigenvalue weighted by atomic mass is 10.2. The summed E-state index contributed by atoms with van der Waals surface area (Å²) in [7, 11) is -2.93. The molecule has 1 aliphatic rings. The first-order valence-corrected chi connectivity index (χ1v) is 7.94. The van der Waals surface area contributed by atoms with Gasteiger partial charge in [0.2, 0.25) is 0 Å². The maximum atomic E-state index is 11.5. The molecule has 0 bridgehead atoms. The smallest absolute Gasteiger partial charge is 0.152 e. The zero-order valence-corrected chi connectivity index (χ0v) is 11.1. The first-order chi connectivity index (χ1) is 8.02. The van der Waals surface area contributed by atoms with Gasteiger partial charge in [-0.3, -0.25) is 0 Å². The standard InChI is InChI=1S/C10H13N3O2S2/c1-7-9(5-11)10(16-13-7)12-8-3-2-4-17(14,15)6-8/h8,12H,2-4,6H2,1H3. The number of rotatable bonds is 2. The van der Waals surface area contributed by atoms with Gasteiger partial charge < -0.3 is 5.32 Å². The minimum Gasteiger partial charge on any atom is -0.371 e. The number of nitriles is 1. The van der Waals surface area contributed by atoms with Crippen LogP contribution in [0.1, 0.15) is 24.1 Å². The first-order valence-electron chi connectivity index (χ1n) is 5.35. The number of aromatic nitrogens is 1. The third kappa shape index (κ3) is 2.76. The third-order valence-corrected chi connectivity index (χ3v) is 5.46. The van der Waals surface area contributed by atoms with Gasteiger partial charge in [0.15, 0.2) is 9.84 Å². The highest BCUT2D eigenvalue weighted by Crippen LogP contribution is 2.26. The summed E-state index contributed by atoms with van der Waals surface area (Å²) in [6.45, 7) is 1.78. The molecule has 1 aromatic rings. The van der Waals surface area contributed by atoms with Crippen LogP contribution in [0.3, 0.4) is 0 Å². The van der Waals surface area contributed by atoms with Gasteiger partial charge in [-0.25, -0.2) is 8.42 Å². The molecule has 1 saturated heterocycles. The number of aryl methyl sites for hydroxylation is 1. The van der Waals surface area contributed by atoms with Crippen molar-refractivity contribution in [3.8, 4) is 6.07 Å². The molecule has 1 aliphatic heterocycles. The normalized spacial score (nSPS) is 22.9. The van der Waals surface area contributed by atoms with Crippen molar-refractivity contribution < 1.29 is 8.42 Å². The lowest BCUT2D eigenvalue weighted by Crippen LogP contribution is -2.34. The van der Waals surface area contributed by atoms with Gasteiger partial charge in [-0.05, 0) is 31.3 Å². The lowest BCUT2D eigenvalue weighted by Gasteiger charge is -2.23. The Morgan fingerprint density at radius 1 is 1.59 bits per heavy atom. The van der Waals surface area contributed by atoms with Crippen molar-refractivity contribution in [2.24, 2.45) is 0 Å². The summed E-state index contributed by atoms with van der Waals surface area (Å²) in [5.41, 5.74) is 1.22. The molecule has 0 aromatic carbocycles. The summed E-state index contributed by atoms with van der Waals surface area (Å²) >= 11 is 1.22. The molecule has 1 atom stereocenters. The zero-order valence-electron chi connectivity index (χ0n) is 9.43. The van der Waals surface area contributed by atoms with Crippen LogP contribution >= 0.6 is 11.5 Å². The molecule has 0 amide bonds. The van der Waals surface area contributed by atoms with Crippen LogP contribution < -0.4 is 5.32 Å². The van der Waals surface area contributed by atoms with Gasteiger partial charge in [-0.2, -0.15) is 9.64 Å². The number of anilines is 1. The van der Waals surface area contributed by atoms with E-state index in [1.165, 1.54) is 11.5 Å². The molecule has 92 valence electrons. The Bertz CT molecular complexity index is 557. The van der Waals surface area contributed by atoms with E-state index in [9.17, 15) is 8.42 Å². The van der Waals surface area contributed by atoms with E-state index in [2.05, 4.69) is 15.8 Å². The molecule has 2 heterocycles. The van der Waals surface area contributed by atoms with Crippen LogP contribution in [0.4, 0.5) is 5.00 Å². The van der Waals surface area contributed by atoms with Gasteiger partial charge in [0.25, 0.3) is 0 Å². The van der Waals surface area contributed by atoms with Crippen LogP contribution in [0, 0.1) is 18.3 Å². The number of nitrogens with one attached hydrogen (secondary N) is 1. The molecule has 1 N–H and O–H groups in total. The van der Waals surface area contributed by atoms with Gasteiger partial charge in [0, 0.05) is 6.04 Å². The average Bonchev–Trinajstić information content (AvgIpc) is 2.58. The second-order valence-corrected chi connectivity index (χ2v) is 7.18. The molecule has 0 radical (unpaired) electrons. The monoisotopic (exact) mass is 271 g/mol. The van der Waals surface area contributed by atoms with E-state index in [0.717, 1.165) is 6.42 Å². The van der Waals surface area contributed by atoms with E-state index in [0.29, 0.717) is 22.7 Å². The van der Waals surface area contributed by atoms with E-state index in [-0.39, 0.29) is 17.5 Å². The van der Waals surface area contributed by atoms with Gasteiger partial charge in [0.05, 0.1) is 17.2 Å². The molecule has 1 aromatic heterocycles. The molecule has 7 heteroatoms. The van der Waals surface area contributed by atoms with Crippen molar-refractivity contribution in [3.63, 3.8) is 0 Å². The Kier molecular flexibility index (Phi) is 3.35. The predicted molar refractivity (Wildman–Crippen MR) is 66.9 cm³/mol. The second kappa shape index (κ2) is 4.63. The van der Waals surface area contributed by atoms with Crippen molar-refractivity contribution in [1.29, 1.82) is 5.26 Å². The van der Waals surface area contributed by atoms with Crippen molar-refractivity contribution in [2.75, 3.05) is 16.8 Å². The highest BCUT2D eigenvalue weighted by Gasteiger charge is 2.25. The molecule has 0 spiro atoms. The maximum Gasteiger partial charge on any atom is 0.152 e. The average molecular weight is 271 g/mol.